The minimum atomic E-state index is -1.09. The van der Waals surface area contributed by atoms with Gasteiger partial charge in [-0.1, -0.05) is 272 Å². The maximum absolute atomic E-state index is 11.2. The number of ether oxygens (including phenoxy) is 12. The first-order valence-corrected chi connectivity index (χ1v) is 32.3. The largest absolute Gasteiger partial charge is 0.394 e. The van der Waals surface area contributed by atoms with Crippen molar-refractivity contribution in [3.05, 3.63) is 215 Å². The molecule has 472 valence electrons. The van der Waals surface area contributed by atoms with E-state index in [1.807, 2.05) is 182 Å². The second-order valence-corrected chi connectivity index (χ2v) is 23.0. The molecule has 0 spiro atoms. The molecule has 0 bridgehead atoms. The van der Waals surface area contributed by atoms with Gasteiger partial charge in [-0.3, -0.25) is 0 Å². The van der Waals surface area contributed by atoms with Crippen LogP contribution in [0.1, 0.15) is 130 Å². The van der Waals surface area contributed by atoms with Crippen LogP contribution < -0.4 is 0 Å². The number of methoxy groups -OCH3 is 1. The van der Waals surface area contributed by atoms with Crippen molar-refractivity contribution in [2.45, 2.75) is 204 Å². The molecule has 6 aromatic rings. The van der Waals surface area contributed by atoms with Gasteiger partial charge in [0.15, 0.2) is 12.6 Å². The first-order valence-electron chi connectivity index (χ1n) is 32.3. The van der Waals surface area contributed by atoms with Gasteiger partial charge in [0.25, 0.3) is 0 Å². The van der Waals surface area contributed by atoms with Gasteiger partial charge in [0.1, 0.15) is 54.9 Å². The van der Waals surface area contributed by atoms with E-state index in [-0.39, 0.29) is 59.5 Å². The number of hydrogen-bond donors (Lipinski definition) is 1. The van der Waals surface area contributed by atoms with Gasteiger partial charge in [0.2, 0.25) is 0 Å². The number of unbranched alkanes of at least 4 members (excludes halogenated alkanes) is 13. The summed E-state index contributed by atoms with van der Waals surface area (Å²) in [7, 11) is 1.68. The van der Waals surface area contributed by atoms with E-state index in [9.17, 15) is 5.11 Å². The van der Waals surface area contributed by atoms with Crippen molar-refractivity contribution >= 4 is 0 Å². The molecule has 0 aromatic heterocycles. The van der Waals surface area contributed by atoms with Crippen molar-refractivity contribution in [3.63, 3.8) is 0 Å². The monoisotopic (exact) mass is 1190 g/mol. The van der Waals surface area contributed by atoms with Gasteiger partial charge in [-0.05, 0) is 39.8 Å². The molecule has 2 heterocycles. The highest BCUT2D eigenvalue weighted by atomic mass is 16.8. The number of benzene rings is 6. The Morgan fingerprint density at radius 1 is 0.345 bits per heavy atom. The highest BCUT2D eigenvalue weighted by molar-refractivity contribution is 5.18. The third kappa shape index (κ3) is 23.9. The van der Waals surface area contributed by atoms with Crippen molar-refractivity contribution in [2.24, 2.45) is 0 Å². The van der Waals surface area contributed by atoms with Gasteiger partial charge in [-0.15, -0.1) is 0 Å². The molecule has 13 nitrogen and oxygen atoms in total. The van der Waals surface area contributed by atoms with Crippen LogP contribution in [0.3, 0.4) is 0 Å². The molecular weight excluding hydrogens is 1100 g/mol. The van der Waals surface area contributed by atoms with Crippen molar-refractivity contribution in [1.82, 2.24) is 0 Å². The summed E-state index contributed by atoms with van der Waals surface area (Å²) in [4.78, 5) is 0. The third-order valence-electron chi connectivity index (χ3n) is 16.2. The standard InChI is InChI=1S/C74H98O13/c1-3-4-5-6-7-8-9-10-11-12-13-14-15-34-47-77-55-64(76-2)56-84-73-72(83-54-63-45-32-21-33-46-63)70(81-52-61-41-28-19-29-42-61)68(79-50-59-37-24-17-25-38-59)66(87-73)57-85-74-71(82-53-62-43-30-20-31-44-62)69(80-51-60-39-26-18-27-40-60)67(65(48-75)86-74)78-49-58-35-22-16-23-36-58/h16-33,35-46,64-75H,3-15,34,47-57H2,1-2H3/t64?,65-,66-,67+,68+,69+,70+,71-,72-,73-,74+/m1/s1. The summed E-state index contributed by atoms with van der Waals surface area (Å²) in [6.45, 7) is 4.39. The van der Waals surface area contributed by atoms with Gasteiger partial charge < -0.3 is 61.9 Å². The van der Waals surface area contributed by atoms with Crippen LogP contribution >= 0.6 is 0 Å². The minimum Gasteiger partial charge on any atom is -0.394 e. The molecule has 1 unspecified atom stereocenters. The molecule has 0 amide bonds. The van der Waals surface area contributed by atoms with E-state index >= 15 is 0 Å². The van der Waals surface area contributed by atoms with E-state index in [2.05, 4.69) is 6.92 Å². The van der Waals surface area contributed by atoms with E-state index < -0.39 is 67.5 Å². The average molecular weight is 1200 g/mol. The van der Waals surface area contributed by atoms with Crippen LogP contribution in [0.5, 0.6) is 0 Å². The summed E-state index contributed by atoms with van der Waals surface area (Å²) in [5.74, 6) is 0. The summed E-state index contributed by atoms with van der Waals surface area (Å²) >= 11 is 0. The number of hydrogen-bond acceptors (Lipinski definition) is 13. The predicted molar refractivity (Wildman–Crippen MR) is 338 cm³/mol. The fourth-order valence-corrected chi connectivity index (χ4v) is 11.2. The molecule has 2 aliphatic rings. The van der Waals surface area contributed by atoms with Crippen LogP contribution in [-0.2, 0) is 96.5 Å². The summed E-state index contributed by atoms with van der Waals surface area (Å²) in [6, 6.07) is 60.0. The summed E-state index contributed by atoms with van der Waals surface area (Å²) in [5.41, 5.74) is 5.78. The highest BCUT2D eigenvalue weighted by Gasteiger charge is 2.52. The Bertz CT molecular complexity index is 2620. The Morgan fingerprint density at radius 3 is 1.01 bits per heavy atom. The van der Waals surface area contributed by atoms with Crippen LogP contribution in [0, 0.1) is 0 Å². The van der Waals surface area contributed by atoms with Crippen LogP contribution in [0.15, 0.2) is 182 Å². The molecule has 6 aromatic carbocycles. The SMILES string of the molecule is CCCCCCCCCCCCCCCCOCC(CO[C@@H]1O[C@H](CO[C@H]2O[C@H](CO)[C@H](OCc3ccccc3)[C@H](OCc3ccccc3)[C@H]2OCc2ccccc2)[C@H](OCc2ccccc2)[C@H](OCc2ccccc2)[C@H]1OCc1ccccc1)OC. The quantitative estimate of drug-likeness (QED) is 0.0365. The molecule has 2 fully saturated rings. The predicted octanol–water partition coefficient (Wildman–Crippen LogP) is 14.5. The average Bonchev–Trinajstić information content (AvgIpc) is 2.29. The summed E-state index contributed by atoms with van der Waals surface area (Å²) in [6.07, 6.45) is 9.27. The molecule has 13 heteroatoms. The molecule has 2 aliphatic heterocycles. The Hall–Kier alpha value is -5.20. The molecule has 0 radical (unpaired) electrons. The van der Waals surface area contributed by atoms with E-state index in [1.165, 1.54) is 77.0 Å². The number of rotatable bonds is 43. The Balaban J connectivity index is 1.02. The first-order chi connectivity index (χ1) is 43.1. The molecule has 87 heavy (non-hydrogen) atoms. The van der Waals surface area contributed by atoms with Crippen molar-refractivity contribution < 1.29 is 61.9 Å². The molecule has 2 saturated heterocycles. The smallest absolute Gasteiger partial charge is 0.187 e. The fourth-order valence-electron chi connectivity index (χ4n) is 11.2. The zero-order chi connectivity index (χ0) is 60.2. The minimum absolute atomic E-state index is 0.0825. The van der Waals surface area contributed by atoms with Gasteiger partial charge in [-0.2, -0.15) is 0 Å². The van der Waals surface area contributed by atoms with E-state index in [0.717, 1.165) is 46.2 Å². The molecule has 0 saturated carbocycles. The maximum Gasteiger partial charge on any atom is 0.187 e. The first kappa shape index (κ1) is 67.7. The second kappa shape index (κ2) is 40.4. The zero-order valence-electron chi connectivity index (χ0n) is 51.7. The van der Waals surface area contributed by atoms with Crippen LogP contribution in [0.25, 0.3) is 0 Å². The lowest BCUT2D eigenvalue weighted by atomic mass is 9.97. The van der Waals surface area contributed by atoms with Crippen molar-refractivity contribution in [3.8, 4) is 0 Å². The number of aliphatic hydroxyl groups excluding tert-OH is 1. The van der Waals surface area contributed by atoms with E-state index in [1.54, 1.807) is 7.11 Å². The lowest BCUT2D eigenvalue weighted by molar-refractivity contribution is -0.354. The summed E-state index contributed by atoms with van der Waals surface area (Å²) in [5, 5.41) is 11.2. The topological polar surface area (TPSA) is 131 Å². The van der Waals surface area contributed by atoms with Crippen LogP contribution in [0.4, 0.5) is 0 Å². The van der Waals surface area contributed by atoms with Gasteiger partial charge in [0.05, 0.1) is 66.1 Å². The zero-order valence-corrected chi connectivity index (χ0v) is 51.7. The molecule has 0 aliphatic carbocycles. The summed E-state index contributed by atoms with van der Waals surface area (Å²) < 4.78 is 81.9. The van der Waals surface area contributed by atoms with Crippen molar-refractivity contribution in [1.29, 1.82) is 0 Å². The third-order valence-corrected chi connectivity index (χ3v) is 16.2. The van der Waals surface area contributed by atoms with E-state index in [0.29, 0.717) is 13.2 Å². The van der Waals surface area contributed by atoms with Crippen LogP contribution in [0.2, 0.25) is 0 Å². The molecule has 11 atom stereocenters. The lowest BCUT2D eigenvalue weighted by Crippen LogP contribution is -2.64. The lowest BCUT2D eigenvalue weighted by Gasteiger charge is -2.48. The molecule has 1 N–H and O–H groups in total. The van der Waals surface area contributed by atoms with Gasteiger partial charge in [0, 0.05) is 13.7 Å². The van der Waals surface area contributed by atoms with Gasteiger partial charge in [-0.25, -0.2) is 0 Å². The van der Waals surface area contributed by atoms with Gasteiger partial charge >= 0.3 is 0 Å². The normalized spacial score (nSPS) is 22.5. The van der Waals surface area contributed by atoms with Crippen molar-refractivity contribution in [2.75, 3.05) is 40.1 Å². The molecule has 8 rings (SSSR count). The Morgan fingerprint density at radius 2 is 0.655 bits per heavy atom. The maximum atomic E-state index is 11.2. The van der Waals surface area contributed by atoms with E-state index in [4.69, 9.17) is 56.8 Å². The molecular formula is C74H98O13. The van der Waals surface area contributed by atoms with Crippen LogP contribution in [-0.4, -0.2) is 113 Å². The Kier molecular flexibility index (Phi) is 31.5. The highest BCUT2D eigenvalue weighted by Crippen LogP contribution is 2.35. The second-order valence-electron chi connectivity index (χ2n) is 23.0. The fraction of sp³-hybridized carbons (Fsp3) is 0.514. The Labute approximate surface area is 519 Å². The number of aliphatic hydroxyl groups is 1.